The summed E-state index contributed by atoms with van der Waals surface area (Å²) in [6.07, 6.45) is 1.14. The molecule has 0 saturated heterocycles. The number of nitrogen functional groups attached to an aromatic ring is 1. The van der Waals surface area contributed by atoms with Gasteiger partial charge in [-0.05, 0) is 48.9 Å². The van der Waals surface area contributed by atoms with E-state index in [1.54, 1.807) is 12.1 Å². The highest BCUT2D eigenvalue weighted by molar-refractivity contribution is 7.92. The van der Waals surface area contributed by atoms with Crippen LogP contribution in [0.5, 0.6) is 0 Å². The van der Waals surface area contributed by atoms with Crippen molar-refractivity contribution < 1.29 is 23.1 Å². The van der Waals surface area contributed by atoms with Gasteiger partial charge in [-0.25, -0.2) is 13.4 Å². The zero-order valence-electron chi connectivity index (χ0n) is 22.7. The molecule has 0 radical (unpaired) electrons. The van der Waals surface area contributed by atoms with Crippen molar-refractivity contribution in [3.63, 3.8) is 0 Å². The molecule has 9 nitrogen and oxygen atoms in total. The van der Waals surface area contributed by atoms with Gasteiger partial charge in [0, 0.05) is 5.69 Å². The predicted molar refractivity (Wildman–Crippen MR) is 150 cm³/mol. The summed E-state index contributed by atoms with van der Waals surface area (Å²) in [6.45, 7) is 12.2. The Bertz CT molecular complexity index is 1230. The van der Waals surface area contributed by atoms with Crippen LogP contribution in [0.3, 0.4) is 0 Å². The van der Waals surface area contributed by atoms with Crippen LogP contribution in [0.2, 0.25) is 0 Å². The van der Waals surface area contributed by atoms with Gasteiger partial charge in [-0.15, -0.1) is 0 Å². The number of para-hydroxylation sites is 2. The van der Waals surface area contributed by atoms with Gasteiger partial charge in [0.25, 0.3) is 5.91 Å². The van der Waals surface area contributed by atoms with Gasteiger partial charge in [0.2, 0.25) is 15.9 Å². The SMILES string of the molecule is Cc1cccc(C(=O)NC(CO)C(C)C)c1N.Cc1cccc(C2=NC(C(C)C)CO2)c1NS(C)(=O)=O. The van der Waals surface area contributed by atoms with Crippen LogP contribution in [0.15, 0.2) is 41.4 Å². The number of carbonyl (C=O) groups is 1. The Labute approximate surface area is 220 Å². The smallest absolute Gasteiger partial charge is 0.253 e. The first kappa shape index (κ1) is 30.1. The number of aliphatic hydroxyl groups excluding tert-OH is 1. The fraction of sp³-hybridized carbons (Fsp3) is 0.481. The van der Waals surface area contributed by atoms with Crippen LogP contribution in [0.4, 0.5) is 11.4 Å². The molecule has 2 aromatic carbocycles. The Balaban J connectivity index is 0.000000264. The van der Waals surface area contributed by atoms with E-state index in [0.29, 0.717) is 40.9 Å². The van der Waals surface area contributed by atoms with E-state index in [1.807, 2.05) is 52.0 Å². The lowest BCUT2D eigenvalue weighted by Gasteiger charge is -2.20. The highest BCUT2D eigenvalue weighted by Gasteiger charge is 2.25. The number of rotatable bonds is 8. The summed E-state index contributed by atoms with van der Waals surface area (Å²) in [5.41, 5.74) is 9.76. The fourth-order valence-corrected chi connectivity index (χ4v) is 4.23. The van der Waals surface area contributed by atoms with Crippen molar-refractivity contribution >= 4 is 33.2 Å². The van der Waals surface area contributed by atoms with Crippen molar-refractivity contribution in [3.05, 3.63) is 58.7 Å². The van der Waals surface area contributed by atoms with Crippen molar-refractivity contribution in [2.75, 3.05) is 29.9 Å². The molecule has 0 aliphatic carbocycles. The van der Waals surface area contributed by atoms with E-state index in [9.17, 15) is 18.3 Å². The topological polar surface area (TPSA) is 143 Å². The average molecular weight is 533 g/mol. The van der Waals surface area contributed by atoms with E-state index in [0.717, 1.165) is 17.4 Å². The van der Waals surface area contributed by atoms with Gasteiger partial charge >= 0.3 is 0 Å². The van der Waals surface area contributed by atoms with Crippen molar-refractivity contribution in [2.45, 2.75) is 53.6 Å². The number of nitrogens with zero attached hydrogens (tertiary/aromatic N) is 1. The van der Waals surface area contributed by atoms with Crippen LogP contribution in [0.25, 0.3) is 0 Å². The first-order valence-corrected chi connectivity index (χ1v) is 14.2. The second kappa shape index (κ2) is 12.9. The highest BCUT2D eigenvalue weighted by Crippen LogP contribution is 2.26. The summed E-state index contributed by atoms with van der Waals surface area (Å²) < 4.78 is 31.2. The number of hydrogen-bond donors (Lipinski definition) is 4. The molecule has 1 aliphatic rings. The predicted octanol–water partition coefficient (Wildman–Crippen LogP) is 3.49. The maximum Gasteiger partial charge on any atom is 0.253 e. The van der Waals surface area contributed by atoms with Gasteiger partial charge in [-0.3, -0.25) is 9.52 Å². The number of aryl methyl sites for hydroxylation is 2. The van der Waals surface area contributed by atoms with E-state index < -0.39 is 10.0 Å². The molecule has 2 unspecified atom stereocenters. The first-order chi connectivity index (χ1) is 17.2. The van der Waals surface area contributed by atoms with Crippen LogP contribution in [0, 0.1) is 25.7 Å². The minimum Gasteiger partial charge on any atom is -0.475 e. The van der Waals surface area contributed by atoms with Crippen LogP contribution in [-0.2, 0) is 14.8 Å². The molecule has 10 heteroatoms. The van der Waals surface area contributed by atoms with Crippen molar-refractivity contribution in [3.8, 4) is 0 Å². The summed E-state index contributed by atoms with van der Waals surface area (Å²) in [5, 5.41) is 12.0. The summed E-state index contributed by atoms with van der Waals surface area (Å²) in [4.78, 5) is 16.5. The fourth-order valence-electron chi connectivity index (χ4n) is 3.59. The minimum absolute atomic E-state index is 0.0743. The largest absolute Gasteiger partial charge is 0.475 e. The first-order valence-electron chi connectivity index (χ1n) is 12.3. The van der Waals surface area contributed by atoms with Gasteiger partial charge in [-0.2, -0.15) is 0 Å². The summed E-state index contributed by atoms with van der Waals surface area (Å²) >= 11 is 0. The molecule has 204 valence electrons. The number of sulfonamides is 1. The number of anilines is 2. The molecule has 2 atom stereocenters. The summed E-state index contributed by atoms with van der Waals surface area (Å²) in [6, 6.07) is 10.8. The number of amides is 1. The molecular formula is C27H40N4O5S. The third-order valence-corrected chi connectivity index (χ3v) is 6.70. The Morgan fingerprint density at radius 1 is 1.14 bits per heavy atom. The van der Waals surface area contributed by atoms with Crippen LogP contribution in [-0.4, -0.2) is 56.9 Å². The third-order valence-electron chi connectivity index (χ3n) is 6.12. The van der Waals surface area contributed by atoms with Crippen LogP contribution >= 0.6 is 0 Å². The normalized spacial score (nSPS) is 15.9. The van der Waals surface area contributed by atoms with E-state index in [4.69, 9.17) is 10.5 Å². The third kappa shape index (κ3) is 8.46. The monoisotopic (exact) mass is 532 g/mol. The maximum atomic E-state index is 12.0. The number of carbonyl (C=O) groups excluding carboxylic acids is 1. The van der Waals surface area contributed by atoms with Crippen LogP contribution in [0.1, 0.15) is 54.7 Å². The molecule has 3 rings (SSSR count). The van der Waals surface area contributed by atoms with Gasteiger partial charge in [0.15, 0.2) is 0 Å². The number of aliphatic hydroxyl groups is 1. The van der Waals surface area contributed by atoms with E-state index in [1.165, 1.54) is 0 Å². The molecule has 37 heavy (non-hydrogen) atoms. The second-order valence-corrected chi connectivity index (χ2v) is 11.7. The number of nitrogens with two attached hydrogens (primary N) is 1. The van der Waals surface area contributed by atoms with Gasteiger partial charge < -0.3 is 20.9 Å². The number of aliphatic imine (C=N–C) groups is 1. The van der Waals surface area contributed by atoms with Gasteiger partial charge in [0.05, 0.1) is 41.8 Å². The standard InChI is InChI=1S/C14H20N2O3S.C13H20N2O2/c1-9(2)12-8-19-14(15-12)11-7-5-6-10(3)13(11)16-20(4,17)18;1-8(2)11(7-16)15-13(17)10-6-4-5-9(3)12(10)14/h5-7,9,12,16H,8H2,1-4H3;4-6,8,11,16H,7,14H2,1-3H3,(H,15,17). The summed E-state index contributed by atoms with van der Waals surface area (Å²) in [7, 11) is -3.34. The maximum absolute atomic E-state index is 12.0. The molecule has 0 aromatic heterocycles. The number of ether oxygens (including phenoxy) is 1. The lowest BCUT2D eigenvalue weighted by atomic mass is 10.0. The van der Waals surface area contributed by atoms with Crippen LogP contribution < -0.4 is 15.8 Å². The van der Waals surface area contributed by atoms with E-state index >= 15 is 0 Å². The van der Waals surface area contributed by atoms with Crippen molar-refractivity contribution in [1.29, 1.82) is 0 Å². The zero-order chi connectivity index (χ0) is 27.9. The molecule has 0 saturated carbocycles. The molecule has 1 aliphatic heterocycles. The molecular weight excluding hydrogens is 492 g/mol. The number of nitrogens with one attached hydrogen (secondary N) is 2. The van der Waals surface area contributed by atoms with E-state index in [-0.39, 0.29) is 30.5 Å². The lowest BCUT2D eigenvalue weighted by Crippen LogP contribution is -2.41. The van der Waals surface area contributed by atoms with Gasteiger partial charge in [-0.1, -0.05) is 52.0 Å². The Morgan fingerprint density at radius 2 is 1.76 bits per heavy atom. The summed E-state index contributed by atoms with van der Waals surface area (Å²) in [5.74, 6) is 0.844. The Morgan fingerprint density at radius 3 is 2.30 bits per heavy atom. The molecule has 2 aromatic rings. The number of benzene rings is 2. The molecule has 0 fully saturated rings. The highest BCUT2D eigenvalue weighted by atomic mass is 32.2. The lowest BCUT2D eigenvalue weighted by molar-refractivity contribution is 0.0897. The Kier molecular flexibility index (Phi) is 10.5. The molecule has 0 spiro atoms. The zero-order valence-corrected chi connectivity index (χ0v) is 23.5. The number of hydrogen-bond acceptors (Lipinski definition) is 7. The second-order valence-electron chi connectivity index (χ2n) is 9.97. The average Bonchev–Trinajstić information content (AvgIpc) is 3.30. The minimum atomic E-state index is -3.34. The Hall–Kier alpha value is -3.11. The molecule has 1 amide bonds. The van der Waals surface area contributed by atoms with Crippen molar-refractivity contribution in [2.24, 2.45) is 16.8 Å². The van der Waals surface area contributed by atoms with Gasteiger partial charge in [0.1, 0.15) is 6.61 Å². The quantitative estimate of drug-likeness (QED) is 0.383. The van der Waals surface area contributed by atoms with Crippen molar-refractivity contribution in [1.82, 2.24) is 5.32 Å². The molecule has 1 heterocycles. The molecule has 0 bridgehead atoms. The molecule has 5 N–H and O–H groups in total. The van der Waals surface area contributed by atoms with E-state index in [2.05, 4.69) is 28.9 Å².